The summed E-state index contributed by atoms with van der Waals surface area (Å²) < 4.78 is 0. The molecule has 0 aromatic heterocycles. The van der Waals surface area contributed by atoms with Gasteiger partial charge in [0.15, 0.2) is 5.78 Å². The third-order valence-corrected chi connectivity index (χ3v) is 4.72. The summed E-state index contributed by atoms with van der Waals surface area (Å²) in [7, 11) is 0. The third-order valence-electron chi connectivity index (χ3n) is 4.22. The number of carbonyl (C=O) groups is 1. The Morgan fingerprint density at radius 3 is 2.42 bits per heavy atom. The predicted molar refractivity (Wildman–Crippen MR) is 97.8 cm³/mol. The fourth-order valence-corrected chi connectivity index (χ4v) is 3.47. The van der Waals surface area contributed by atoms with E-state index in [9.17, 15) is 15.2 Å². The number of aliphatic hydroxyl groups is 1. The smallest absolute Gasteiger partial charge is 0.163 e. The number of nitrogens with two attached hydrogens (primary N) is 1. The van der Waals surface area contributed by atoms with Gasteiger partial charge in [-0.1, -0.05) is 49.8 Å². The Kier molecular flexibility index (Phi) is 5.32. The van der Waals surface area contributed by atoms with Crippen LogP contribution in [0.15, 0.2) is 35.6 Å². The molecule has 0 radical (unpaired) electrons. The molecule has 0 spiro atoms. The van der Waals surface area contributed by atoms with Gasteiger partial charge < -0.3 is 10.8 Å². The minimum Gasteiger partial charge on any atom is -0.512 e. The van der Waals surface area contributed by atoms with Gasteiger partial charge in [-0.2, -0.15) is 5.26 Å². The zero-order valence-corrected chi connectivity index (χ0v) is 15.1. The molecule has 0 fully saturated rings. The molecule has 0 saturated heterocycles. The minimum absolute atomic E-state index is 0.00427. The number of halogens is 1. The van der Waals surface area contributed by atoms with Crippen LogP contribution in [0.3, 0.4) is 0 Å². The Morgan fingerprint density at radius 1 is 1.38 bits per heavy atom. The van der Waals surface area contributed by atoms with E-state index in [0.29, 0.717) is 23.4 Å². The summed E-state index contributed by atoms with van der Waals surface area (Å²) in [6.45, 7) is 3.84. The van der Waals surface area contributed by atoms with E-state index >= 15 is 0 Å². The number of Topliss-reactive ketones (excluding diaryl/α,β-unsaturated/α-hetero) is 1. The number of rotatable bonds is 4. The summed E-state index contributed by atoms with van der Waals surface area (Å²) in [5, 5.41) is 20.6. The first-order chi connectivity index (χ1) is 11.2. The Balaban J connectivity index is 2.62. The monoisotopic (exact) mass is 362 g/mol. The fraction of sp³-hybridized carbons (Fsp3) is 0.389. The number of thiocarbonyl (C=S) groups is 1. The molecule has 1 aromatic carbocycles. The molecule has 4 nitrogen and oxygen atoms in total. The number of nitrogens with zero attached hydrogens (tertiary/aromatic N) is 1. The van der Waals surface area contributed by atoms with E-state index in [1.165, 1.54) is 0 Å². The first kappa shape index (κ1) is 18.4. The maximum atomic E-state index is 12.7. The maximum absolute atomic E-state index is 12.7. The van der Waals surface area contributed by atoms with Gasteiger partial charge in [-0.05, 0) is 23.1 Å². The van der Waals surface area contributed by atoms with E-state index in [4.69, 9.17) is 29.6 Å². The number of aliphatic hydroxyl groups excluding tert-OH is 1. The van der Waals surface area contributed by atoms with E-state index in [1.807, 2.05) is 13.8 Å². The summed E-state index contributed by atoms with van der Waals surface area (Å²) in [5.41, 5.74) is 6.32. The largest absolute Gasteiger partial charge is 0.512 e. The van der Waals surface area contributed by atoms with Crippen LogP contribution in [0, 0.1) is 22.7 Å². The lowest BCUT2D eigenvalue weighted by atomic mass is 9.70. The fourth-order valence-electron chi connectivity index (χ4n) is 3.15. The third kappa shape index (κ3) is 3.77. The summed E-state index contributed by atoms with van der Waals surface area (Å²) in [6, 6.07) is 8.87. The second-order valence-corrected chi connectivity index (χ2v) is 7.75. The van der Waals surface area contributed by atoms with Crippen molar-refractivity contribution in [3.63, 3.8) is 0 Å². The number of ketones is 1. The Labute approximate surface area is 151 Å². The van der Waals surface area contributed by atoms with Crippen molar-refractivity contribution in [1.82, 2.24) is 0 Å². The van der Waals surface area contributed by atoms with Gasteiger partial charge in [0.2, 0.25) is 0 Å². The molecule has 2 atom stereocenters. The van der Waals surface area contributed by atoms with E-state index in [0.717, 1.165) is 0 Å². The highest BCUT2D eigenvalue weighted by atomic mass is 35.5. The number of benzene rings is 1. The van der Waals surface area contributed by atoms with Crippen LogP contribution in [0.4, 0.5) is 0 Å². The van der Waals surface area contributed by atoms with Crippen molar-refractivity contribution < 1.29 is 9.90 Å². The van der Waals surface area contributed by atoms with E-state index in [2.05, 4.69) is 6.07 Å². The van der Waals surface area contributed by atoms with Gasteiger partial charge in [0.25, 0.3) is 0 Å². The van der Waals surface area contributed by atoms with Gasteiger partial charge in [-0.15, -0.1) is 0 Å². The number of hydrogen-bond donors (Lipinski definition) is 2. The highest BCUT2D eigenvalue weighted by molar-refractivity contribution is 7.80. The van der Waals surface area contributed by atoms with Crippen LogP contribution >= 0.6 is 23.8 Å². The lowest BCUT2D eigenvalue weighted by Gasteiger charge is -2.34. The molecular weight excluding hydrogens is 344 g/mol. The quantitative estimate of drug-likeness (QED) is 0.789. The molecule has 0 aliphatic heterocycles. The number of hydrogen-bond acceptors (Lipinski definition) is 4. The zero-order valence-electron chi connectivity index (χ0n) is 13.5. The van der Waals surface area contributed by atoms with Crippen LogP contribution < -0.4 is 5.73 Å². The molecule has 0 heterocycles. The van der Waals surface area contributed by atoms with Gasteiger partial charge in [0.1, 0.15) is 11.7 Å². The molecule has 2 rings (SSSR count). The Morgan fingerprint density at radius 2 is 1.96 bits per heavy atom. The van der Waals surface area contributed by atoms with Crippen LogP contribution in [0.2, 0.25) is 5.02 Å². The molecule has 0 saturated carbocycles. The van der Waals surface area contributed by atoms with Crippen molar-refractivity contribution in [2.75, 3.05) is 0 Å². The van der Waals surface area contributed by atoms with Crippen LogP contribution in [0.5, 0.6) is 0 Å². The van der Waals surface area contributed by atoms with Crippen molar-refractivity contribution in [3.8, 4) is 6.07 Å². The Hall–Kier alpha value is -1.90. The minimum atomic E-state index is -0.886. The summed E-state index contributed by atoms with van der Waals surface area (Å²) in [4.78, 5) is 12.7. The lowest BCUT2D eigenvalue weighted by Crippen LogP contribution is -2.34. The van der Waals surface area contributed by atoms with E-state index in [1.54, 1.807) is 24.3 Å². The zero-order chi connectivity index (χ0) is 18.1. The second-order valence-electron chi connectivity index (χ2n) is 6.84. The summed E-state index contributed by atoms with van der Waals surface area (Å²) in [6.07, 6.45) is 0.666. The first-order valence-corrected chi connectivity index (χ1v) is 8.34. The Bertz CT molecular complexity index is 747. The van der Waals surface area contributed by atoms with Gasteiger partial charge in [-0.25, -0.2) is 0 Å². The molecule has 1 aliphatic carbocycles. The first-order valence-electron chi connectivity index (χ1n) is 7.56. The maximum Gasteiger partial charge on any atom is 0.163 e. The topological polar surface area (TPSA) is 87.1 Å². The summed E-state index contributed by atoms with van der Waals surface area (Å²) in [5.74, 6) is -1.76. The molecule has 24 heavy (non-hydrogen) atoms. The number of carbonyl (C=O) groups excluding carboxylic acids is 1. The lowest BCUT2D eigenvalue weighted by molar-refractivity contribution is -0.118. The van der Waals surface area contributed by atoms with E-state index in [-0.39, 0.29) is 27.5 Å². The van der Waals surface area contributed by atoms with Crippen LogP contribution in [-0.2, 0) is 4.79 Å². The molecule has 126 valence electrons. The number of allylic oxidation sites excluding steroid dienone is 2. The highest BCUT2D eigenvalue weighted by Gasteiger charge is 2.40. The predicted octanol–water partition coefficient (Wildman–Crippen LogP) is 4.05. The molecule has 0 unspecified atom stereocenters. The highest BCUT2D eigenvalue weighted by Crippen LogP contribution is 2.43. The SMILES string of the molecule is CC1(C)CC(=O)C([C@@H](c2ccc(Cl)cc2)[C@@H](C#N)C(N)=S)=C(O)C1. The molecule has 1 aromatic rings. The van der Waals surface area contributed by atoms with Crippen LogP contribution in [-0.4, -0.2) is 15.9 Å². The van der Waals surface area contributed by atoms with Crippen molar-refractivity contribution in [2.45, 2.75) is 32.6 Å². The van der Waals surface area contributed by atoms with Crippen molar-refractivity contribution >= 4 is 34.6 Å². The van der Waals surface area contributed by atoms with Gasteiger partial charge in [0, 0.05) is 29.4 Å². The molecule has 1 aliphatic rings. The normalized spacial score (nSPS) is 19.5. The molecule has 0 amide bonds. The van der Waals surface area contributed by atoms with Gasteiger partial charge in [0.05, 0.1) is 11.1 Å². The molecular formula is C18H19ClN2O2S. The second kappa shape index (κ2) is 6.92. The van der Waals surface area contributed by atoms with Crippen LogP contribution in [0.25, 0.3) is 0 Å². The number of nitriles is 1. The van der Waals surface area contributed by atoms with Gasteiger partial charge in [-0.3, -0.25) is 4.79 Å². The van der Waals surface area contributed by atoms with Gasteiger partial charge >= 0.3 is 0 Å². The standard InChI is InChI=1S/C18H19ClN2O2S/c1-18(2)7-13(22)16(14(23)8-18)15(12(9-20)17(21)24)10-3-5-11(19)6-4-10/h3-6,12,15,22H,7-8H2,1-2H3,(H2,21,24)/t12-,15+/m1/s1. The van der Waals surface area contributed by atoms with Crippen molar-refractivity contribution in [1.29, 1.82) is 5.26 Å². The molecule has 6 heteroatoms. The average Bonchev–Trinajstić information content (AvgIpc) is 2.45. The molecule has 3 N–H and O–H groups in total. The molecule has 0 bridgehead atoms. The summed E-state index contributed by atoms with van der Waals surface area (Å²) >= 11 is 11.0. The van der Waals surface area contributed by atoms with Crippen LogP contribution in [0.1, 0.15) is 38.2 Å². The van der Waals surface area contributed by atoms with Crippen molar-refractivity contribution in [2.24, 2.45) is 17.1 Å². The van der Waals surface area contributed by atoms with E-state index < -0.39 is 11.8 Å². The average molecular weight is 363 g/mol. The van der Waals surface area contributed by atoms with Crippen molar-refractivity contribution in [3.05, 3.63) is 46.2 Å².